The number of rotatable bonds is 5. The van der Waals surface area contributed by atoms with E-state index in [0.29, 0.717) is 16.4 Å². The highest BCUT2D eigenvalue weighted by molar-refractivity contribution is 9.10. The lowest BCUT2D eigenvalue weighted by Crippen LogP contribution is -2.25. The lowest BCUT2D eigenvalue weighted by Gasteiger charge is -2.24. The van der Waals surface area contributed by atoms with Crippen LogP contribution in [-0.2, 0) is 11.8 Å². The summed E-state index contributed by atoms with van der Waals surface area (Å²) < 4.78 is 4.11. The monoisotopic (exact) mass is 583 g/mol. The average Bonchev–Trinajstić information content (AvgIpc) is 3.45. The number of aromatic nitrogens is 2. The van der Waals surface area contributed by atoms with Gasteiger partial charge in [-0.15, -0.1) is 0 Å². The van der Waals surface area contributed by atoms with E-state index >= 15 is 0 Å². The highest BCUT2D eigenvalue weighted by Crippen LogP contribution is 2.44. The molecule has 0 unspecified atom stereocenters. The first-order valence-corrected chi connectivity index (χ1v) is 13.4. The van der Waals surface area contributed by atoms with Crippen molar-refractivity contribution < 1.29 is 4.79 Å². The van der Waals surface area contributed by atoms with Gasteiger partial charge in [-0.2, -0.15) is 5.26 Å². The van der Waals surface area contributed by atoms with E-state index in [0.717, 1.165) is 21.4 Å². The molecule has 0 saturated carbocycles. The van der Waals surface area contributed by atoms with E-state index in [2.05, 4.69) is 27.3 Å². The number of nitriles is 1. The Kier molecular flexibility index (Phi) is 7.09. The number of nitrogens with zero attached hydrogens (tertiary/aromatic N) is 4. The van der Waals surface area contributed by atoms with Gasteiger partial charge in [-0.1, -0.05) is 76.2 Å². The number of nitrogens with one attached hydrogen (secondary N) is 1. The summed E-state index contributed by atoms with van der Waals surface area (Å²) in [6.45, 7) is 1.75. The van der Waals surface area contributed by atoms with E-state index in [1.807, 2.05) is 95.2 Å². The number of benzene rings is 3. The van der Waals surface area contributed by atoms with Crippen molar-refractivity contribution in [3.8, 4) is 11.8 Å². The van der Waals surface area contributed by atoms with Gasteiger partial charge in [0, 0.05) is 22.6 Å². The van der Waals surface area contributed by atoms with Crippen molar-refractivity contribution in [1.29, 1.82) is 5.26 Å². The number of halogens is 1. The number of anilines is 2. The second kappa shape index (κ2) is 10.6. The van der Waals surface area contributed by atoms with Gasteiger partial charge in [-0.25, -0.2) is 4.68 Å². The van der Waals surface area contributed by atoms with Gasteiger partial charge in [0.2, 0.25) is 0 Å². The van der Waals surface area contributed by atoms with E-state index < -0.39 is 5.91 Å². The smallest absolute Gasteiger partial charge is 0.295 e. The Labute approximate surface area is 232 Å². The lowest BCUT2D eigenvalue weighted by atomic mass is 10.1. The standard InChI is InChI=1S/C29H22BrN5O2S/c1-19-26(28(37)35(33(19)2)23-11-7-4-8-12-23)32-27(36)24(17-31)29-34(22-9-5-3-6-10-22)25(18-38-29)20-13-15-21(30)16-14-20/h3-16,18H,1-2H3,(H,32,36)/b29-24-. The fourth-order valence-corrected chi connectivity index (χ4v) is 5.53. The predicted octanol–water partition coefficient (Wildman–Crippen LogP) is 6.17. The second-order valence-electron chi connectivity index (χ2n) is 8.48. The van der Waals surface area contributed by atoms with Gasteiger partial charge in [0.15, 0.2) is 0 Å². The minimum Gasteiger partial charge on any atom is -0.315 e. The molecule has 1 aliphatic rings. The molecule has 1 N–H and O–H groups in total. The van der Waals surface area contributed by atoms with Crippen LogP contribution in [0, 0.1) is 18.3 Å². The van der Waals surface area contributed by atoms with Crippen LogP contribution < -0.4 is 15.8 Å². The van der Waals surface area contributed by atoms with Crippen molar-refractivity contribution in [2.75, 3.05) is 10.2 Å². The van der Waals surface area contributed by atoms with Crippen LogP contribution >= 0.6 is 27.7 Å². The molecule has 0 spiro atoms. The zero-order valence-electron chi connectivity index (χ0n) is 20.6. The molecule has 0 radical (unpaired) electrons. The Morgan fingerprint density at radius 2 is 1.55 bits per heavy atom. The minimum absolute atomic E-state index is 0.0869. The third kappa shape index (κ3) is 4.60. The molecule has 1 aliphatic heterocycles. The maximum Gasteiger partial charge on any atom is 0.295 e. The first kappa shape index (κ1) is 25.4. The normalized spacial score (nSPS) is 14.2. The SMILES string of the molecule is Cc1c(NC(=O)/C(C#N)=C2\SC=C(c3ccc(Br)cc3)N2c2ccccc2)c(=O)n(-c2ccccc2)n1C. The van der Waals surface area contributed by atoms with Crippen molar-refractivity contribution in [2.45, 2.75) is 6.92 Å². The van der Waals surface area contributed by atoms with Crippen LogP contribution in [0.4, 0.5) is 11.4 Å². The maximum atomic E-state index is 13.5. The molecule has 38 heavy (non-hydrogen) atoms. The second-order valence-corrected chi connectivity index (χ2v) is 10.3. The lowest BCUT2D eigenvalue weighted by molar-refractivity contribution is -0.112. The molecule has 0 aliphatic carbocycles. The summed E-state index contributed by atoms with van der Waals surface area (Å²) in [5.74, 6) is -0.646. The largest absolute Gasteiger partial charge is 0.315 e. The Hall–Kier alpha value is -4.26. The molecule has 5 rings (SSSR count). The summed E-state index contributed by atoms with van der Waals surface area (Å²) in [7, 11) is 1.75. The molecular formula is C29H22BrN5O2S. The molecule has 0 saturated heterocycles. The van der Waals surface area contributed by atoms with E-state index in [9.17, 15) is 14.9 Å². The Morgan fingerprint density at radius 1 is 0.947 bits per heavy atom. The summed E-state index contributed by atoms with van der Waals surface area (Å²) in [4.78, 5) is 28.8. The number of hydrogen-bond donors (Lipinski definition) is 1. The number of amides is 1. The van der Waals surface area contributed by atoms with Crippen molar-refractivity contribution >= 4 is 50.7 Å². The predicted molar refractivity (Wildman–Crippen MR) is 156 cm³/mol. The number of carbonyl (C=O) groups excluding carboxylic acids is 1. The molecule has 0 bridgehead atoms. The minimum atomic E-state index is -0.646. The number of thioether (sulfide) groups is 1. The Balaban J connectivity index is 1.56. The molecule has 188 valence electrons. The average molecular weight is 584 g/mol. The van der Waals surface area contributed by atoms with Gasteiger partial charge < -0.3 is 10.2 Å². The van der Waals surface area contributed by atoms with E-state index in [1.54, 1.807) is 18.7 Å². The van der Waals surface area contributed by atoms with Crippen LogP contribution in [0.2, 0.25) is 0 Å². The molecule has 3 aromatic carbocycles. The van der Waals surface area contributed by atoms with Crippen LogP contribution in [0.1, 0.15) is 11.3 Å². The van der Waals surface area contributed by atoms with Crippen molar-refractivity contribution in [1.82, 2.24) is 9.36 Å². The topological polar surface area (TPSA) is 83.1 Å². The molecule has 7 nitrogen and oxygen atoms in total. The van der Waals surface area contributed by atoms with Gasteiger partial charge in [0.25, 0.3) is 11.5 Å². The Bertz CT molecular complexity index is 1680. The first-order chi connectivity index (χ1) is 18.4. The van der Waals surface area contributed by atoms with Gasteiger partial charge >= 0.3 is 0 Å². The van der Waals surface area contributed by atoms with Crippen LogP contribution in [0.15, 0.2) is 110 Å². The quantitative estimate of drug-likeness (QED) is 0.224. The van der Waals surface area contributed by atoms with Gasteiger partial charge in [-0.05, 0) is 48.9 Å². The molecule has 1 amide bonds. The first-order valence-electron chi connectivity index (χ1n) is 11.7. The van der Waals surface area contributed by atoms with Gasteiger partial charge in [-0.3, -0.25) is 14.3 Å². The van der Waals surface area contributed by atoms with Crippen LogP contribution in [-0.4, -0.2) is 15.3 Å². The van der Waals surface area contributed by atoms with Crippen molar-refractivity contribution in [2.24, 2.45) is 7.05 Å². The van der Waals surface area contributed by atoms with E-state index in [4.69, 9.17) is 0 Å². The highest BCUT2D eigenvalue weighted by Gasteiger charge is 2.31. The van der Waals surface area contributed by atoms with Gasteiger partial charge in [0.1, 0.15) is 22.4 Å². The fraction of sp³-hybridized carbons (Fsp3) is 0.0690. The molecule has 0 fully saturated rings. The summed E-state index contributed by atoms with van der Waals surface area (Å²) in [5, 5.41) is 15.3. The van der Waals surface area contributed by atoms with Crippen LogP contribution in [0.5, 0.6) is 0 Å². The molecule has 4 aromatic rings. The molecule has 2 heterocycles. The van der Waals surface area contributed by atoms with E-state index in [-0.39, 0.29) is 16.8 Å². The van der Waals surface area contributed by atoms with Gasteiger partial charge in [0.05, 0.1) is 17.1 Å². The molecule has 0 atom stereocenters. The maximum absolute atomic E-state index is 13.5. The summed E-state index contributed by atoms with van der Waals surface area (Å²) in [6, 6.07) is 28.7. The Morgan fingerprint density at radius 3 is 2.16 bits per heavy atom. The van der Waals surface area contributed by atoms with Crippen molar-refractivity contribution in [3.63, 3.8) is 0 Å². The summed E-state index contributed by atoms with van der Waals surface area (Å²) in [6.07, 6.45) is 0. The van der Waals surface area contributed by atoms with E-state index in [1.165, 1.54) is 16.4 Å². The number of hydrogen-bond acceptors (Lipinski definition) is 5. The molecular weight excluding hydrogens is 562 g/mol. The number of para-hydroxylation sites is 2. The zero-order valence-corrected chi connectivity index (χ0v) is 23.0. The third-order valence-corrected chi connectivity index (χ3v) is 7.71. The fourth-order valence-electron chi connectivity index (χ4n) is 4.23. The third-order valence-electron chi connectivity index (χ3n) is 6.23. The van der Waals surface area contributed by atoms with Crippen LogP contribution in [0.25, 0.3) is 11.4 Å². The molecule has 1 aromatic heterocycles. The van der Waals surface area contributed by atoms with Crippen LogP contribution in [0.3, 0.4) is 0 Å². The summed E-state index contributed by atoms with van der Waals surface area (Å²) in [5.41, 5.74) is 3.49. The molecule has 9 heteroatoms. The number of carbonyl (C=O) groups is 1. The van der Waals surface area contributed by atoms with Crippen molar-refractivity contribution in [3.05, 3.63) is 127 Å². The zero-order chi connectivity index (χ0) is 26.8. The highest BCUT2D eigenvalue weighted by atomic mass is 79.9. The summed E-state index contributed by atoms with van der Waals surface area (Å²) >= 11 is 4.77.